The van der Waals surface area contributed by atoms with Crippen LogP contribution in [0.1, 0.15) is 10.5 Å². The number of nitrogens with two attached hydrogens (primary N) is 1. The number of ketones is 1. The maximum absolute atomic E-state index is 11.7. The molecule has 0 spiro atoms. The highest BCUT2D eigenvalue weighted by atomic mass is 79.9. The Labute approximate surface area is 89.5 Å². The summed E-state index contributed by atoms with van der Waals surface area (Å²) in [6.45, 7) is 0.177. The van der Waals surface area contributed by atoms with Gasteiger partial charge < -0.3 is 10.5 Å². The highest BCUT2D eigenvalue weighted by Crippen LogP contribution is 2.13. The number of halogens is 1. The minimum absolute atomic E-state index is 0.177. The number of carbonyl (C=O) groups excluding carboxylic acids is 1. The second-order valence-corrected chi connectivity index (χ2v) is 3.53. The molecule has 0 bridgehead atoms. The van der Waals surface area contributed by atoms with Gasteiger partial charge >= 0.3 is 0 Å². The van der Waals surface area contributed by atoms with E-state index in [1.165, 1.54) is 11.8 Å². The van der Waals surface area contributed by atoms with Crippen molar-refractivity contribution < 1.29 is 9.53 Å². The summed E-state index contributed by atoms with van der Waals surface area (Å²) >= 11 is 3.13. The van der Waals surface area contributed by atoms with Crippen molar-refractivity contribution in [2.45, 2.75) is 6.04 Å². The second-order valence-electron chi connectivity index (χ2n) is 2.78. The van der Waals surface area contributed by atoms with Crippen LogP contribution in [-0.4, -0.2) is 40.5 Å². The fraction of sp³-hybridized carbons (Fsp3) is 0.571. The number of nitrogens with zero attached hydrogens (tertiary/aromatic N) is 3. The lowest BCUT2D eigenvalue weighted by Crippen LogP contribution is -2.36. The monoisotopic (exact) mass is 262 g/mol. The maximum Gasteiger partial charge on any atom is 0.202 e. The van der Waals surface area contributed by atoms with Crippen molar-refractivity contribution in [3.05, 3.63) is 10.3 Å². The van der Waals surface area contributed by atoms with Gasteiger partial charge in [-0.05, 0) is 15.9 Å². The van der Waals surface area contributed by atoms with E-state index in [2.05, 4.69) is 26.2 Å². The van der Waals surface area contributed by atoms with Gasteiger partial charge in [0.25, 0.3) is 0 Å². The van der Waals surface area contributed by atoms with E-state index in [-0.39, 0.29) is 12.4 Å². The molecule has 0 amide bonds. The van der Waals surface area contributed by atoms with E-state index < -0.39 is 6.04 Å². The fourth-order valence-electron chi connectivity index (χ4n) is 1.02. The number of carbonyl (C=O) groups is 1. The number of ether oxygens (including phenoxy) is 1. The van der Waals surface area contributed by atoms with E-state index in [1.807, 2.05) is 0 Å². The van der Waals surface area contributed by atoms with Gasteiger partial charge in [0.15, 0.2) is 4.60 Å². The number of Topliss-reactive ketones (excluding diaryl/α,β-unsaturated/α-hetero) is 1. The Kier molecular flexibility index (Phi) is 3.73. The Morgan fingerprint density at radius 2 is 2.43 bits per heavy atom. The van der Waals surface area contributed by atoms with Gasteiger partial charge in [0.1, 0.15) is 5.69 Å². The van der Waals surface area contributed by atoms with E-state index in [1.54, 1.807) is 7.05 Å². The molecule has 0 aliphatic carbocycles. The van der Waals surface area contributed by atoms with Crippen LogP contribution in [0.2, 0.25) is 0 Å². The fourth-order valence-corrected chi connectivity index (χ4v) is 1.55. The van der Waals surface area contributed by atoms with Crippen molar-refractivity contribution >= 4 is 21.7 Å². The predicted molar refractivity (Wildman–Crippen MR) is 52.9 cm³/mol. The van der Waals surface area contributed by atoms with Crippen LogP contribution < -0.4 is 5.73 Å². The first-order valence-corrected chi connectivity index (χ1v) is 4.71. The van der Waals surface area contributed by atoms with Crippen LogP contribution in [0.4, 0.5) is 0 Å². The molecule has 0 radical (unpaired) electrons. The van der Waals surface area contributed by atoms with Crippen molar-refractivity contribution in [2.75, 3.05) is 13.7 Å². The molecule has 1 atom stereocenters. The highest BCUT2D eigenvalue weighted by Gasteiger charge is 2.22. The first-order chi connectivity index (χ1) is 6.57. The van der Waals surface area contributed by atoms with Crippen molar-refractivity contribution in [1.29, 1.82) is 0 Å². The van der Waals surface area contributed by atoms with E-state index in [4.69, 9.17) is 10.5 Å². The zero-order valence-corrected chi connectivity index (χ0v) is 9.48. The molecule has 1 heterocycles. The summed E-state index contributed by atoms with van der Waals surface area (Å²) in [4.78, 5) is 11.7. The Bertz CT molecular complexity index is 319. The summed E-state index contributed by atoms with van der Waals surface area (Å²) in [5.74, 6) is -0.244. The lowest BCUT2D eigenvalue weighted by atomic mass is 10.1. The zero-order chi connectivity index (χ0) is 10.7. The van der Waals surface area contributed by atoms with Crippen LogP contribution in [0, 0.1) is 0 Å². The largest absolute Gasteiger partial charge is 0.383 e. The van der Waals surface area contributed by atoms with Crippen LogP contribution in [0.15, 0.2) is 4.60 Å². The average Bonchev–Trinajstić information content (AvgIpc) is 2.46. The first-order valence-electron chi connectivity index (χ1n) is 3.91. The molecule has 2 N–H and O–H groups in total. The maximum atomic E-state index is 11.7. The third-order valence-corrected chi connectivity index (χ3v) is 2.24. The van der Waals surface area contributed by atoms with Gasteiger partial charge in [0.2, 0.25) is 5.78 Å². The predicted octanol–water partition coefficient (Wildman–Crippen LogP) is -0.266. The minimum Gasteiger partial charge on any atom is -0.383 e. The van der Waals surface area contributed by atoms with E-state index in [9.17, 15) is 4.79 Å². The van der Waals surface area contributed by atoms with Gasteiger partial charge in [-0.25, -0.2) is 4.68 Å². The summed E-state index contributed by atoms with van der Waals surface area (Å²) in [5, 5.41) is 7.37. The van der Waals surface area contributed by atoms with Crippen molar-refractivity contribution in [2.24, 2.45) is 12.8 Å². The molecular weight excluding hydrogens is 252 g/mol. The van der Waals surface area contributed by atoms with Gasteiger partial charge in [-0.15, -0.1) is 5.10 Å². The molecule has 0 aliphatic heterocycles. The van der Waals surface area contributed by atoms with E-state index >= 15 is 0 Å². The summed E-state index contributed by atoms with van der Waals surface area (Å²) in [7, 11) is 3.12. The molecule has 78 valence electrons. The van der Waals surface area contributed by atoms with E-state index in [0.29, 0.717) is 10.3 Å². The Hall–Kier alpha value is -0.790. The molecule has 7 heteroatoms. The Morgan fingerprint density at radius 1 is 1.79 bits per heavy atom. The molecule has 0 aromatic carbocycles. The van der Waals surface area contributed by atoms with Crippen molar-refractivity contribution in [3.63, 3.8) is 0 Å². The molecule has 0 saturated carbocycles. The summed E-state index contributed by atoms with van der Waals surface area (Å²) in [6, 6.07) is -0.687. The van der Waals surface area contributed by atoms with Crippen molar-refractivity contribution in [3.8, 4) is 0 Å². The third-order valence-electron chi connectivity index (χ3n) is 1.70. The summed E-state index contributed by atoms with van der Waals surface area (Å²) in [6.07, 6.45) is 0. The number of aryl methyl sites for hydroxylation is 1. The highest BCUT2D eigenvalue weighted by molar-refractivity contribution is 9.10. The standard InChI is InChI=1S/C7H11BrN4O2/c1-12-5(7(8)10-11-12)6(13)4(9)3-14-2/h4H,3,9H2,1-2H3. The third kappa shape index (κ3) is 2.17. The van der Waals surface area contributed by atoms with Crippen LogP contribution in [-0.2, 0) is 11.8 Å². The molecule has 0 fully saturated rings. The average molecular weight is 263 g/mol. The van der Waals surface area contributed by atoms with E-state index in [0.717, 1.165) is 0 Å². The first kappa shape index (κ1) is 11.3. The number of rotatable bonds is 4. The van der Waals surface area contributed by atoms with Gasteiger partial charge in [0, 0.05) is 14.2 Å². The lowest BCUT2D eigenvalue weighted by molar-refractivity contribution is 0.0882. The molecule has 1 unspecified atom stereocenters. The van der Waals surface area contributed by atoms with Gasteiger partial charge in [-0.1, -0.05) is 5.21 Å². The second kappa shape index (κ2) is 4.63. The van der Waals surface area contributed by atoms with Gasteiger partial charge in [-0.2, -0.15) is 0 Å². The van der Waals surface area contributed by atoms with Crippen LogP contribution in [0.3, 0.4) is 0 Å². The normalized spacial score (nSPS) is 12.9. The molecule has 1 aromatic heterocycles. The number of methoxy groups -OCH3 is 1. The molecule has 14 heavy (non-hydrogen) atoms. The number of hydrogen-bond donors (Lipinski definition) is 1. The number of hydrogen-bond acceptors (Lipinski definition) is 5. The molecule has 1 rings (SSSR count). The Morgan fingerprint density at radius 3 is 2.86 bits per heavy atom. The molecule has 1 aromatic rings. The molecule has 0 aliphatic rings. The number of aromatic nitrogens is 3. The topological polar surface area (TPSA) is 83.0 Å². The van der Waals surface area contributed by atoms with Crippen molar-refractivity contribution in [1.82, 2.24) is 15.0 Å². The quantitative estimate of drug-likeness (QED) is 0.756. The SMILES string of the molecule is COCC(N)C(=O)c1c(Br)nnn1C. The summed E-state index contributed by atoms with van der Waals surface area (Å²) in [5.41, 5.74) is 5.95. The molecule has 6 nitrogen and oxygen atoms in total. The molecular formula is C7H11BrN4O2. The smallest absolute Gasteiger partial charge is 0.202 e. The lowest BCUT2D eigenvalue weighted by Gasteiger charge is -2.08. The van der Waals surface area contributed by atoms with Crippen LogP contribution in [0.25, 0.3) is 0 Å². The van der Waals surface area contributed by atoms with Crippen LogP contribution in [0.5, 0.6) is 0 Å². The minimum atomic E-state index is -0.687. The van der Waals surface area contributed by atoms with Crippen LogP contribution >= 0.6 is 15.9 Å². The molecule has 0 saturated heterocycles. The Balaban J connectivity index is 2.88. The zero-order valence-electron chi connectivity index (χ0n) is 7.90. The summed E-state index contributed by atoms with van der Waals surface area (Å²) < 4.78 is 6.57. The van der Waals surface area contributed by atoms with Gasteiger partial charge in [0.05, 0.1) is 12.6 Å². The van der Waals surface area contributed by atoms with Gasteiger partial charge in [-0.3, -0.25) is 4.79 Å².